The van der Waals surface area contributed by atoms with Crippen molar-refractivity contribution < 1.29 is 14.6 Å². The van der Waals surface area contributed by atoms with Gasteiger partial charge in [0.05, 0.1) is 13.2 Å². The van der Waals surface area contributed by atoms with Gasteiger partial charge in [0.1, 0.15) is 0 Å². The summed E-state index contributed by atoms with van der Waals surface area (Å²) in [5.41, 5.74) is 0. The van der Waals surface area contributed by atoms with Crippen LogP contribution in [-0.2, 0) is 9.47 Å². The van der Waals surface area contributed by atoms with Crippen LogP contribution in [0.4, 0.5) is 0 Å². The van der Waals surface area contributed by atoms with E-state index in [0.717, 1.165) is 25.7 Å². The SMILES string of the molecule is CCCCC(CC)COC(C)(O)OCC(CC)CCCC.[MgH2]. The zero-order chi connectivity index (χ0) is 16.1. The molecule has 0 aromatic carbocycles. The summed E-state index contributed by atoms with van der Waals surface area (Å²) in [5, 5.41) is 10.2. The van der Waals surface area contributed by atoms with E-state index in [1.807, 2.05) is 0 Å². The molecule has 22 heavy (non-hydrogen) atoms. The van der Waals surface area contributed by atoms with Gasteiger partial charge in [0.25, 0.3) is 5.97 Å². The lowest BCUT2D eigenvalue weighted by atomic mass is 10.0. The molecule has 0 amide bonds. The van der Waals surface area contributed by atoms with Gasteiger partial charge in [-0.2, -0.15) is 0 Å². The van der Waals surface area contributed by atoms with Gasteiger partial charge in [-0.05, 0) is 24.7 Å². The van der Waals surface area contributed by atoms with Crippen molar-refractivity contribution in [1.29, 1.82) is 0 Å². The molecule has 0 aliphatic rings. The van der Waals surface area contributed by atoms with Gasteiger partial charge in [-0.1, -0.05) is 66.2 Å². The lowest BCUT2D eigenvalue weighted by molar-refractivity contribution is -0.355. The third-order valence-electron chi connectivity index (χ3n) is 4.26. The molecule has 0 saturated carbocycles. The van der Waals surface area contributed by atoms with Gasteiger partial charge in [0.2, 0.25) is 0 Å². The van der Waals surface area contributed by atoms with Gasteiger partial charge >= 0.3 is 23.1 Å². The lowest BCUT2D eigenvalue weighted by Crippen LogP contribution is -2.35. The van der Waals surface area contributed by atoms with Crippen LogP contribution in [0.25, 0.3) is 0 Å². The van der Waals surface area contributed by atoms with Crippen LogP contribution in [0.1, 0.15) is 86.0 Å². The molecular weight excluding hydrogens is 288 g/mol. The predicted molar refractivity (Wildman–Crippen MR) is 97.7 cm³/mol. The summed E-state index contributed by atoms with van der Waals surface area (Å²) in [5.74, 6) is -0.414. The Morgan fingerprint density at radius 3 is 1.45 bits per heavy atom. The van der Waals surface area contributed by atoms with Crippen molar-refractivity contribution in [1.82, 2.24) is 0 Å². The van der Waals surface area contributed by atoms with Gasteiger partial charge in [-0.25, -0.2) is 0 Å². The number of unbranched alkanes of at least 4 members (excludes halogenated alkanes) is 2. The number of hydrogen-bond acceptors (Lipinski definition) is 3. The fourth-order valence-corrected chi connectivity index (χ4v) is 2.38. The van der Waals surface area contributed by atoms with Crippen LogP contribution in [-0.4, -0.2) is 47.3 Å². The van der Waals surface area contributed by atoms with Crippen LogP contribution >= 0.6 is 0 Å². The summed E-state index contributed by atoms with van der Waals surface area (Å²) in [7, 11) is 0. The molecule has 0 heterocycles. The van der Waals surface area contributed by atoms with Gasteiger partial charge in [-0.15, -0.1) is 0 Å². The molecule has 1 N–H and O–H groups in total. The van der Waals surface area contributed by atoms with E-state index in [1.165, 1.54) is 25.7 Å². The molecule has 0 aromatic rings. The number of rotatable bonds is 14. The Morgan fingerprint density at radius 1 is 0.818 bits per heavy atom. The van der Waals surface area contributed by atoms with Gasteiger partial charge in [0, 0.05) is 6.92 Å². The van der Waals surface area contributed by atoms with Gasteiger partial charge in [0.15, 0.2) is 0 Å². The molecule has 0 radical (unpaired) electrons. The summed E-state index contributed by atoms with van der Waals surface area (Å²) in [6, 6.07) is 0. The van der Waals surface area contributed by atoms with E-state index in [2.05, 4.69) is 27.7 Å². The Kier molecular flexibility index (Phi) is 17.2. The summed E-state index contributed by atoms with van der Waals surface area (Å²) < 4.78 is 11.2. The highest BCUT2D eigenvalue weighted by molar-refractivity contribution is 5.75. The maximum absolute atomic E-state index is 10.2. The van der Waals surface area contributed by atoms with Crippen molar-refractivity contribution in [2.75, 3.05) is 13.2 Å². The molecule has 0 bridgehead atoms. The molecule has 0 aliphatic heterocycles. The highest BCUT2D eigenvalue weighted by Gasteiger charge is 2.24. The average Bonchev–Trinajstić information content (AvgIpc) is 2.47. The zero-order valence-electron chi connectivity index (χ0n) is 15.0. The van der Waals surface area contributed by atoms with Crippen molar-refractivity contribution in [3.63, 3.8) is 0 Å². The Bertz CT molecular complexity index is 212. The second-order valence-corrected chi connectivity index (χ2v) is 6.35. The largest absolute Gasteiger partial charge is 0.344 e. The average molecular weight is 329 g/mol. The van der Waals surface area contributed by atoms with Crippen LogP contribution in [0.3, 0.4) is 0 Å². The van der Waals surface area contributed by atoms with Gasteiger partial charge in [-0.3, -0.25) is 0 Å². The molecule has 0 rings (SSSR count). The van der Waals surface area contributed by atoms with Crippen molar-refractivity contribution in [2.24, 2.45) is 11.8 Å². The highest BCUT2D eigenvalue weighted by Crippen LogP contribution is 2.20. The first-order valence-corrected chi connectivity index (χ1v) is 8.99. The monoisotopic (exact) mass is 328 g/mol. The predicted octanol–water partition coefficient (Wildman–Crippen LogP) is 4.20. The highest BCUT2D eigenvalue weighted by atomic mass is 24.3. The fraction of sp³-hybridized carbons (Fsp3) is 1.00. The zero-order valence-corrected chi connectivity index (χ0v) is 15.0. The molecule has 2 atom stereocenters. The minimum Gasteiger partial charge on any atom is -0.344 e. The Labute approximate surface area is 154 Å². The molecule has 0 saturated heterocycles. The normalized spacial score (nSPS) is 16.6. The van der Waals surface area contributed by atoms with Crippen molar-refractivity contribution in [3.8, 4) is 0 Å². The summed E-state index contributed by atoms with van der Waals surface area (Å²) in [4.78, 5) is 0. The topological polar surface area (TPSA) is 38.7 Å². The number of hydrogen-bond donors (Lipinski definition) is 1. The van der Waals surface area contributed by atoms with Crippen LogP contribution in [0.15, 0.2) is 0 Å². The van der Waals surface area contributed by atoms with Crippen molar-refractivity contribution in [3.05, 3.63) is 0 Å². The van der Waals surface area contributed by atoms with Crippen molar-refractivity contribution >= 4 is 23.1 Å². The minimum absolute atomic E-state index is 0. The van der Waals surface area contributed by atoms with E-state index in [4.69, 9.17) is 9.47 Å². The molecule has 4 heteroatoms. The smallest absolute Gasteiger partial charge is 0.316 e. The van der Waals surface area contributed by atoms with E-state index in [9.17, 15) is 5.11 Å². The maximum atomic E-state index is 10.2. The molecule has 2 unspecified atom stereocenters. The Balaban J connectivity index is 0. The first-order chi connectivity index (χ1) is 9.99. The molecular formula is C18H40MgO3. The first-order valence-electron chi connectivity index (χ1n) is 8.99. The molecule has 0 spiro atoms. The lowest BCUT2D eigenvalue weighted by Gasteiger charge is -2.28. The maximum Gasteiger partial charge on any atom is 0.316 e. The summed E-state index contributed by atoms with van der Waals surface area (Å²) in [6.07, 6.45) is 9.36. The van der Waals surface area contributed by atoms with E-state index >= 15 is 0 Å². The van der Waals surface area contributed by atoms with Gasteiger partial charge < -0.3 is 14.6 Å². The molecule has 0 aromatic heterocycles. The summed E-state index contributed by atoms with van der Waals surface area (Å²) in [6.45, 7) is 11.5. The second kappa shape index (κ2) is 15.2. The quantitative estimate of drug-likeness (QED) is 0.383. The molecule has 132 valence electrons. The van der Waals surface area contributed by atoms with E-state index in [1.54, 1.807) is 6.92 Å². The number of ether oxygens (including phenoxy) is 2. The molecule has 3 nitrogen and oxygen atoms in total. The van der Waals surface area contributed by atoms with Crippen LogP contribution in [0, 0.1) is 11.8 Å². The third-order valence-corrected chi connectivity index (χ3v) is 4.26. The number of aliphatic hydroxyl groups is 1. The van der Waals surface area contributed by atoms with E-state index < -0.39 is 5.97 Å². The summed E-state index contributed by atoms with van der Waals surface area (Å²) >= 11 is 0. The first kappa shape index (κ1) is 24.9. The Morgan fingerprint density at radius 2 is 1.18 bits per heavy atom. The van der Waals surface area contributed by atoms with E-state index in [-0.39, 0.29) is 23.1 Å². The van der Waals surface area contributed by atoms with E-state index in [0.29, 0.717) is 25.0 Å². The standard InChI is InChI=1S/C18H38O3.Mg.2H/c1-6-10-12-16(8-3)14-20-18(5,19)21-15-17(9-4)13-11-7-2;;;/h16-17,19H,6-15H2,1-5H3;;;. The Hall–Kier alpha value is 0.646. The van der Waals surface area contributed by atoms with Crippen LogP contribution in [0.5, 0.6) is 0 Å². The minimum atomic E-state index is -1.45. The fourth-order valence-electron chi connectivity index (χ4n) is 2.38. The van der Waals surface area contributed by atoms with Crippen LogP contribution in [0.2, 0.25) is 0 Å². The molecule has 0 aliphatic carbocycles. The van der Waals surface area contributed by atoms with Crippen LogP contribution < -0.4 is 0 Å². The second-order valence-electron chi connectivity index (χ2n) is 6.35. The third kappa shape index (κ3) is 13.1. The van der Waals surface area contributed by atoms with Crippen molar-refractivity contribution in [2.45, 2.75) is 92.0 Å². The molecule has 0 fully saturated rings.